The van der Waals surface area contributed by atoms with Crippen LogP contribution in [0.3, 0.4) is 0 Å². The third kappa shape index (κ3) is 12.0. The number of halogens is 1. The first-order chi connectivity index (χ1) is 37.7. The van der Waals surface area contributed by atoms with Gasteiger partial charge in [0.15, 0.2) is 0 Å². The van der Waals surface area contributed by atoms with Gasteiger partial charge in [-0.25, -0.2) is 0 Å². The Morgan fingerprint density at radius 3 is 0.868 bits per heavy atom. The summed E-state index contributed by atoms with van der Waals surface area (Å²) in [4.78, 5) is 0. The molecule has 0 amide bonds. The van der Waals surface area contributed by atoms with Crippen LogP contribution in [-0.4, -0.2) is 0 Å². The van der Waals surface area contributed by atoms with Gasteiger partial charge in [-0.15, -0.1) is 0 Å². The van der Waals surface area contributed by atoms with Crippen LogP contribution in [0.5, 0.6) is 0 Å². The molecular formula is C70H58ClNP3Ru+3. The van der Waals surface area contributed by atoms with Crippen LogP contribution in [-0.2, 0) is 17.3 Å². The zero-order valence-corrected chi connectivity index (χ0v) is 47.4. The van der Waals surface area contributed by atoms with Crippen LogP contribution < -0.4 is 42.4 Å². The summed E-state index contributed by atoms with van der Waals surface area (Å²) in [5.41, 5.74) is 14.4. The normalized spacial score (nSPS) is 11.9. The van der Waals surface area contributed by atoms with Crippen molar-refractivity contribution in [2.75, 3.05) is 0 Å². The predicted molar refractivity (Wildman–Crippen MR) is 336 cm³/mol. The Morgan fingerprint density at radius 2 is 0.539 bits per heavy atom. The van der Waals surface area contributed by atoms with Crippen molar-refractivity contribution in [3.05, 3.63) is 332 Å². The summed E-state index contributed by atoms with van der Waals surface area (Å²) in [7, 11) is 0.603. The van der Waals surface area contributed by atoms with Gasteiger partial charge in [-0.3, -0.25) is 0 Å². The quantitative estimate of drug-likeness (QED) is 0.0812. The Balaban J connectivity index is 0.000000187. The Labute approximate surface area is 466 Å². The molecule has 12 aromatic carbocycles. The van der Waals surface area contributed by atoms with Gasteiger partial charge < -0.3 is 5.73 Å². The average molecular weight is 1140 g/mol. The number of nitrogens with one attached hydrogen (secondary N) is 1. The van der Waals surface area contributed by atoms with E-state index in [1.54, 1.807) is 0 Å². The summed E-state index contributed by atoms with van der Waals surface area (Å²) in [5, 5.41) is 16.3. The molecule has 0 heterocycles. The van der Waals surface area contributed by atoms with E-state index in [2.05, 4.69) is 307 Å². The standard InChI is InChI=1S/C44H32P2.C26H23NP.ClH.Ru/c1-5-19-35(20-6-1)45(36-21-7-2-8-22-36)41-31-29-33-17-13-15-27-39(33)43(41)44-40-28-16-14-18-34(40)30-32-42(44)46(37-23-9-3-10-24-37)38-25-11-4-12-26-38;27-25(21-13-5-1-6-14-21)26(22-15-7-2-8-16-22)28(23-17-9-3-10-18-23)24-19-11-4-12-20-24;;/h1-32H;1-20,25-27H;1H;/q;-1;;+2/p+2/t;25-,26-;;/m.1../s1. The maximum atomic E-state index is 9.26. The van der Waals surface area contributed by atoms with E-state index in [9.17, 15) is 5.73 Å². The van der Waals surface area contributed by atoms with Gasteiger partial charge in [0.05, 0.1) is 40.0 Å². The topological polar surface area (TPSA) is 23.8 Å². The zero-order chi connectivity index (χ0) is 51.9. The first kappa shape index (κ1) is 52.8. The smallest absolute Gasteiger partial charge is 0.111 e. The third-order valence-corrected chi connectivity index (χ3v) is 22.8. The fourth-order valence-corrected chi connectivity index (χ4v) is 19.4. The van der Waals surface area contributed by atoms with E-state index in [0.29, 0.717) is 0 Å². The molecule has 2 atom stereocenters. The summed E-state index contributed by atoms with van der Waals surface area (Å²) in [6.07, 6.45) is 0. The summed E-state index contributed by atoms with van der Waals surface area (Å²) in [5.74, 6) is 0. The fraction of sp³-hybridized carbons (Fsp3) is 0.0286. The number of rotatable bonds is 13. The van der Waals surface area contributed by atoms with Crippen LogP contribution in [0, 0.1) is 0 Å². The van der Waals surface area contributed by atoms with Crippen LogP contribution in [0.1, 0.15) is 22.8 Å². The largest absolute Gasteiger partial charge is 0.667 e. The van der Waals surface area contributed by atoms with Crippen LogP contribution in [0.25, 0.3) is 38.4 Å². The minimum absolute atomic E-state index is 0.110. The number of hydrogen-bond acceptors (Lipinski definition) is 0. The molecule has 0 radical (unpaired) electrons. The van der Waals surface area contributed by atoms with Gasteiger partial charge in [0.2, 0.25) is 0 Å². The molecule has 0 saturated heterocycles. The number of fused-ring (bicyclic) bond motifs is 2. The SMILES string of the molecule is [Cl][Ru+].[NH-][C@H](c1ccccc1)[C@@H](c1ccccc1)[PH+](c1ccccc1)c1ccccc1.c1ccc([PH+](c2ccccc2)c2ccc3ccccc3c2-c2c([PH+](c3ccccc3)c3ccccc3)ccc3ccccc23)cc1. The molecule has 12 aromatic rings. The van der Waals surface area contributed by atoms with Gasteiger partial charge in [-0.2, -0.15) is 0 Å². The molecule has 12 rings (SSSR count). The Hall–Kier alpha value is -6.68. The molecule has 0 spiro atoms. The first-order valence-corrected chi connectivity index (χ1v) is 32.4. The molecule has 0 aliphatic rings. The van der Waals surface area contributed by atoms with E-state index in [0.717, 1.165) is 5.56 Å². The fourth-order valence-electron chi connectivity index (χ4n) is 10.7. The second-order valence-corrected chi connectivity index (χ2v) is 26.0. The van der Waals surface area contributed by atoms with Crippen molar-refractivity contribution in [3.8, 4) is 11.1 Å². The second kappa shape index (κ2) is 26.4. The van der Waals surface area contributed by atoms with Crippen molar-refractivity contribution in [1.29, 1.82) is 0 Å². The van der Waals surface area contributed by atoms with Gasteiger partial charge in [0.1, 0.15) is 31.8 Å². The number of benzene rings is 12. The summed E-state index contributed by atoms with van der Waals surface area (Å²) < 4.78 is 0. The third-order valence-electron chi connectivity index (χ3n) is 14.0. The minimum atomic E-state index is -1.37. The first-order valence-electron chi connectivity index (χ1n) is 25.6. The van der Waals surface area contributed by atoms with Gasteiger partial charge >= 0.3 is 27.0 Å². The Kier molecular flexibility index (Phi) is 18.3. The monoisotopic (exact) mass is 1140 g/mol. The van der Waals surface area contributed by atoms with Crippen molar-refractivity contribution in [2.45, 2.75) is 11.7 Å². The molecule has 370 valence electrons. The molecule has 0 aliphatic heterocycles. The number of hydrogen-bond donors (Lipinski definition) is 0. The van der Waals surface area contributed by atoms with Gasteiger partial charge in [0, 0.05) is 11.1 Å². The molecule has 6 heteroatoms. The molecule has 0 aliphatic carbocycles. The van der Waals surface area contributed by atoms with Gasteiger partial charge in [-0.1, -0.05) is 242 Å². The molecule has 0 aromatic heterocycles. The maximum absolute atomic E-state index is 9.26. The van der Waals surface area contributed by atoms with Crippen LogP contribution in [0.2, 0.25) is 0 Å². The molecule has 76 heavy (non-hydrogen) atoms. The molecule has 0 saturated carbocycles. The van der Waals surface area contributed by atoms with Crippen molar-refractivity contribution in [3.63, 3.8) is 0 Å². The Morgan fingerprint density at radius 1 is 0.276 bits per heavy atom. The van der Waals surface area contributed by atoms with E-state index < -0.39 is 23.8 Å². The van der Waals surface area contributed by atoms with E-state index in [1.165, 1.54) is 80.7 Å². The Bertz CT molecular complexity index is 3410. The van der Waals surface area contributed by atoms with E-state index >= 15 is 0 Å². The van der Waals surface area contributed by atoms with Crippen LogP contribution in [0.4, 0.5) is 0 Å². The molecule has 1 N–H and O–H groups in total. The maximum Gasteiger partial charge on any atom is 0.111 e. The van der Waals surface area contributed by atoms with Crippen molar-refractivity contribution in [1.82, 2.24) is 0 Å². The predicted octanol–water partition coefficient (Wildman–Crippen LogP) is 15.7. The summed E-state index contributed by atoms with van der Waals surface area (Å²) in [6.45, 7) is 0. The average Bonchev–Trinajstić information content (AvgIpc) is 3.53. The zero-order valence-electron chi connectivity index (χ0n) is 41.9. The van der Waals surface area contributed by atoms with Crippen molar-refractivity contribution >= 4 is 97.4 Å². The molecule has 0 bridgehead atoms. The van der Waals surface area contributed by atoms with E-state index in [-0.39, 0.29) is 11.7 Å². The van der Waals surface area contributed by atoms with E-state index in [1.807, 2.05) is 35.5 Å². The minimum Gasteiger partial charge on any atom is -0.667 e. The van der Waals surface area contributed by atoms with E-state index in [4.69, 9.17) is 0 Å². The van der Waals surface area contributed by atoms with Crippen LogP contribution in [0.15, 0.2) is 315 Å². The van der Waals surface area contributed by atoms with Crippen molar-refractivity contribution < 1.29 is 17.3 Å². The summed E-state index contributed by atoms with van der Waals surface area (Å²) >= 11 is 1.82. The molecule has 1 nitrogen and oxygen atoms in total. The molecule has 0 unspecified atom stereocenters. The van der Waals surface area contributed by atoms with Crippen LogP contribution >= 0.6 is 33.5 Å². The van der Waals surface area contributed by atoms with Crippen molar-refractivity contribution in [2.24, 2.45) is 0 Å². The van der Waals surface area contributed by atoms with Gasteiger partial charge in [0.25, 0.3) is 0 Å². The second-order valence-electron chi connectivity index (χ2n) is 18.6. The molecular weight excluding hydrogens is 1080 g/mol. The summed E-state index contributed by atoms with van der Waals surface area (Å²) in [6, 6.07) is 114. The molecule has 0 fully saturated rings. The van der Waals surface area contributed by atoms with Gasteiger partial charge in [-0.05, 0) is 112 Å².